The molecule has 1 aliphatic carbocycles. The molecule has 2 aromatic heterocycles. The first-order valence-corrected chi connectivity index (χ1v) is 8.12. The number of nitrogens with one attached hydrogen (secondary N) is 2. The molecule has 1 aliphatic rings. The number of nitrogens with zero attached hydrogens (tertiary/aromatic N) is 3. The lowest BCUT2D eigenvalue weighted by Gasteiger charge is -2.09. The molecule has 5 nitrogen and oxygen atoms in total. The topological polar surface area (TPSA) is 66.5 Å². The highest BCUT2D eigenvalue weighted by Crippen LogP contribution is 2.28. The Morgan fingerprint density at radius 3 is 2.83 bits per heavy atom. The minimum Gasteiger partial charge on any atom is -0.368 e. The van der Waals surface area contributed by atoms with Crippen molar-refractivity contribution in [2.45, 2.75) is 25.7 Å². The Morgan fingerprint density at radius 2 is 2.00 bits per heavy atom. The van der Waals surface area contributed by atoms with Crippen LogP contribution in [0.1, 0.15) is 25.7 Å². The average molecular weight is 329 g/mol. The predicted octanol–water partition coefficient (Wildman–Crippen LogP) is 3.90. The molecule has 0 spiro atoms. The third-order valence-electron chi connectivity index (χ3n) is 4.58. The van der Waals surface area contributed by atoms with Crippen LogP contribution in [0.4, 0.5) is 14.6 Å². The van der Waals surface area contributed by atoms with Crippen LogP contribution in [0.3, 0.4) is 0 Å². The van der Waals surface area contributed by atoms with Crippen LogP contribution in [0.5, 0.6) is 0 Å². The van der Waals surface area contributed by atoms with Gasteiger partial charge in [0.05, 0.1) is 11.1 Å². The quantitative estimate of drug-likeness (QED) is 0.762. The van der Waals surface area contributed by atoms with Crippen molar-refractivity contribution in [3.8, 4) is 11.3 Å². The van der Waals surface area contributed by atoms with Crippen molar-refractivity contribution in [1.29, 1.82) is 0 Å². The summed E-state index contributed by atoms with van der Waals surface area (Å²) in [7, 11) is 0. The van der Waals surface area contributed by atoms with E-state index in [9.17, 15) is 8.78 Å². The lowest BCUT2D eigenvalue weighted by molar-refractivity contribution is 0.511. The molecular formula is C17H17F2N5. The summed E-state index contributed by atoms with van der Waals surface area (Å²) >= 11 is 0. The van der Waals surface area contributed by atoms with Crippen molar-refractivity contribution in [3.63, 3.8) is 0 Å². The summed E-state index contributed by atoms with van der Waals surface area (Å²) in [6.45, 7) is 0.853. The van der Waals surface area contributed by atoms with Gasteiger partial charge >= 0.3 is 0 Å². The van der Waals surface area contributed by atoms with Crippen LogP contribution >= 0.6 is 0 Å². The minimum atomic E-state index is -0.921. The van der Waals surface area contributed by atoms with Crippen molar-refractivity contribution in [3.05, 3.63) is 35.9 Å². The summed E-state index contributed by atoms with van der Waals surface area (Å²) < 4.78 is 27.4. The van der Waals surface area contributed by atoms with Crippen LogP contribution in [0, 0.1) is 17.6 Å². The molecule has 1 fully saturated rings. The first-order chi connectivity index (χ1) is 11.7. The highest BCUT2D eigenvalue weighted by Gasteiger charge is 2.17. The van der Waals surface area contributed by atoms with E-state index in [0.717, 1.165) is 18.0 Å². The zero-order valence-corrected chi connectivity index (χ0v) is 13.0. The summed E-state index contributed by atoms with van der Waals surface area (Å²) in [5, 5.41) is 19.1. The maximum Gasteiger partial charge on any atom is 0.180 e. The van der Waals surface area contributed by atoms with Gasteiger partial charge in [0.2, 0.25) is 0 Å². The number of halogens is 2. The highest BCUT2D eigenvalue weighted by atomic mass is 19.2. The standard InChI is InChI=1S/C17H17F2N5/c18-13-7-3-6-11(15(13)19)14-8-12-16(22-24-17(12)23-21-14)20-9-10-4-1-2-5-10/h3,6-8,10H,1-2,4-5,9H2,(H2,20,22,23,24). The molecule has 0 atom stereocenters. The van der Waals surface area contributed by atoms with Gasteiger partial charge in [0, 0.05) is 12.1 Å². The second-order valence-corrected chi connectivity index (χ2v) is 6.20. The molecule has 0 radical (unpaired) electrons. The number of hydrogen-bond donors (Lipinski definition) is 2. The third-order valence-corrected chi connectivity index (χ3v) is 4.58. The Morgan fingerprint density at radius 1 is 1.17 bits per heavy atom. The van der Waals surface area contributed by atoms with Crippen LogP contribution in [0.25, 0.3) is 22.3 Å². The Hall–Kier alpha value is -2.57. The Kier molecular flexibility index (Phi) is 3.84. The summed E-state index contributed by atoms with van der Waals surface area (Å²) in [6.07, 6.45) is 5.02. The molecule has 1 saturated carbocycles. The number of rotatable bonds is 4. The van der Waals surface area contributed by atoms with Crippen LogP contribution in [-0.4, -0.2) is 26.9 Å². The van der Waals surface area contributed by atoms with E-state index in [1.807, 2.05) is 0 Å². The number of aromatic amines is 1. The van der Waals surface area contributed by atoms with Gasteiger partial charge in [-0.15, -0.1) is 10.2 Å². The second kappa shape index (κ2) is 6.14. The minimum absolute atomic E-state index is 0.0901. The molecule has 0 unspecified atom stereocenters. The van der Waals surface area contributed by atoms with E-state index >= 15 is 0 Å². The monoisotopic (exact) mass is 329 g/mol. The molecular weight excluding hydrogens is 312 g/mol. The van der Waals surface area contributed by atoms with E-state index in [1.54, 1.807) is 6.07 Å². The van der Waals surface area contributed by atoms with E-state index in [4.69, 9.17) is 0 Å². The van der Waals surface area contributed by atoms with Crippen LogP contribution in [0.15, 0.2) is 24.3 Å². The smallest absolute Gasteiger partial charge is 0.180 e. The van der Waals surface area contributed by atoms with E-state index in [-0.39, 0.29) is 11.3 Å². The molecule has 0 aliphatic heterocycles. The molecule has 0 bridgehead atoms. The Bertz CT molecular complexity index is 871. The summed E-state index contributed by atoms with van der Waals surface area (Å²) in [5.41, 5.74) is 0.890. The molecule has 3 aromatic rings. The molecule has 0 saturated heterocycles. The van der Waals surface area contributed by atoms with Crippen LogP contribution < -0.4 is 5.32 Å². The number of benzene rings is 1. The van der Waals surface area contributed by atoms with E-state index in [1.165, 1.54) is 37.8 Å². The molecule has 24 heavy (non-hydrogen) atoms. The zero-order valence-electron chi connectivity index (χ0n) is 13.0. The third kappa shape index (κ3) is 2.70. The number of H-pyrrole nitrogens is 1. The van der Waals surface area contributed by atoms with Gasteiger partial charge in [0.25, 0.3) is 0 Å². The average Bonchev–Trinajstić information content (AvgIpc) is 3.24. The molecule has 2 N–H and O–H groups in total. The molecule has 7 heteroatoms. The molecule has 0 amide bonds. The SMILES string of the molecule is Fc1cccc(-c2cc3c(NCC4CCCC4)n[nH]c3nn2)c1F. The summed E-state index contributed by atoms with van der Waals surface area (Å²) in [5.74, 6) is -0.493. The van der Waals surface area contributed by atoms with Crippen molar-refractivity contribution in [2.24, 2.45) is 5.92 Å². The fraction of sp³-hybridized carbons (Fsp3) is 0.353. The number of fused-ring (bicyclic) bond motifs is 1. The number of hydrogen-bond acceptors (Lipinski definition) is 4. The molecule has 4 rings (SSSR count). The maximum absolute atomic E-state index is 14.0. The van der Waals surface area contributed by atoms with Gasteiger partial charge in [-0.05, 0) is 37.0 Å². The van der Waals surface area contributed by atoms with Crippen LogP contribution in [0.2, 0.25) is 0 Å². The van der Waals surface area contributed by atoms with Crippen molar-refractivity contribution in [2.75, 3.05) is 11.9 Å². The molecule has 1 aromatic carbocycles. The van der Waals surface area contributed by atoms with E-state index in [2.05, 4.69) is 25.7 Å². The first kappa shape index (κ1) is 15.0. The van der Waals surface area contributed by atoms with E-state index < -0.39 is 11.6 Å². The first-order valence-electron chi connectivity index (χ1n) is 8.12. The molecule has 124 valence electrons. The fourth-order valence-corrected chi connectivity index (χ4v) is 3.25. The number of anilines is 1. The van der Waals surface area contributed by atoms with Gasteiger partial charge in [0.15, 0.2) is 23.1 Å². The maximum atomic E-state index is 14.0. The van der Waals surface area contributed by atoms with Gasteiger partial charge in [-0.1, -0.05) is 18.9 Å². The van der Waals surface area contributed by atoms with Crippen molar-refractivity contribution >= 4 is 16.9 Å². The van der Waals surface area contributed by atoms with Crippen molar-refractivity contribution < 1.29 is 8.78 Å². The van der Waals surface area contributed by atoms with Gasteiger partial charge in [-0.25, -0.2) is 8.78 Å². The largest absolute Gasteiger partial charge is 0.368 e. The normalized spacial score (nSPS) is 15.2. The molecule has 2 heterocycles. The predicted molar refractivity (Wildman–Crippen MR) is 87.5 cm³/mol. The van der Waals surface area contributed by atoms with E-state index in [0.29, 0.717) is 17.4 Å². The van der Waals surface area contributed by atoms with Gasteiger partial charge in [-0.2, -0.15) is 5.10 Å². The Labute approximate surface area is 137 Å². The zero-order chi connectivity index (χ0) is 16.5. The lowest BCUT2D eigenvalue weighted by atomic mass is 10.1. The Balaban J connectivity index is 1.66. The lowest BCUT2D eigenvalue weighted by Crippen LogP contribution is -2.11. The number of aromatic nitrogens is 4. The van der Waals surface area contributed by atoms with Gasteiger partial charge in [0.1, 0.15) is 0 Å². The summed E-state index contributed by atoms with van der Waals surface area (Å²) in [4.78, 5) is 0. The highest BCUT2D eigenvalue weighted by molar-refractivity contribution is 5.89. The van der Waals surface area contributed by atoms with Crippen molar-refractivity contribution in [1.82, 2.24) is 20.4 Å². The van der Waals surface area contributed by atoms with Gasteiger partial charge < -0.3 is 5.32 Å². The second-order valence-electron chi connectivity index (χ2n) is 6.20. The fourth-order valence-electron chi connectivity index (χ4n) is 3.25. The van der Waals surface area contributed by atoms with Gasteiger partial charge in [-0.3, -0.25) is 5.10 Å². The van der Waals surface area contributed by atoms with Crippen LogP contribution in [-0.2, 0) is 0 Å². The summed E-state index contributed by atoms with van der Waals surface area (Å²) in [6, 6.07) is 5.70.